The largest absolute Gasteiger partial charge is 0.368 e. The number of piperidine rings is 2. The predicted molar refractivity (Wildman–Crippen MR) is 112 cm³/mol. The van der Waals surface area contributed by atoms with Crippen LogP contribution in [-0.4, -0.2) is 65.5 Å². The van der Waals surface area contributed by atoms with Gasteiger partial charge in [0.2, 0.25) is 11.8 Å². The Hall–Kier alpha value is -2.72. The molecule has 31 heavy (non-hydrogen) atoms. The monoisotopic (exact) mass is 431 g/mol. The van der Waals surface area contributed by atoms with Crippen LogP contribution in [-0.2, 0) is 21.4 Å². The highest BCUT2D eigenvalue weighted by molar-refractivity contribution is 6.00. The Kier molecular flexibility index (Phi) is 5.05. The zero-order chi connectivity index (χ0) is 21.7. The number of hydrogen-bond donors (Lipinski definition) is 2. The number of halogens is 1. The average Bonchev–Trinajstić information content (AvgIpc) is 2.97. The molecule has 10 heteroatoms. The Morgan fingerprint density at radius 2 is 1.97 bits per heavy atom. The number of carbonyl (C=O) groups excluding carboxylic acids is 2. The number of imide groups is 1. The van der Waals surface area contributed by atoms with Crippen molar-refractivity contribution in [1.82, 2.24) is 19.8 Å². The number of nitrogens with zero attached hydrogens (tertiary/aromatic N) is 3. The maximum absolute atomic E-state index is 14.0. The molecular weight excluding hydrogens is 405 g/mol. The first-order chi connectivity index (χ1) is 14.9. The van der Waals surface area contributed by atoms with Crippen molar-refractivity contribution in [2.75, 3.05) is 31.1 Å². The molecule has 1 aromatic carbocycles. The van der Waals surface area contributed by atoms with E-state index in [1.54, 1.807) is 11.6 Å². The fourth-order valence-corrected chi connectivity index (χ4v) is 4.82. The topological polar surface area (TPSA) is 97.6 Å². The third-order valence-electron chi connectivity index (χ3n) is 6.51. The van der Waals surface area contributed by atoms with E-state index in [1.165, 1.54) is 4.57 Å². The highest BCUT2D eigenvalue weighted by atomic mass is 19.1. The lowest BCUT2D eigenvalue weighted by Gasteiger charge is -2.43. The van der Waals surface area contributed by atoms with Gasteiger partial charge in [-0.25, -0.2) is 9.18 Å². The second-order valence-corrected chi connectivity index (χ2v) is 8.53. The van der Waals surface area contributed by atoms with E-state index < -0.39 is 18.1 Å². The summed E-state index contributed by atoms with van der Waals surface area (Å²) in [7, 11) is 1.69. The number of imidazole rings is 1. The molecule has 0 aliphatic carbocycles. The number of aryl methyl sites for hydroxylation is 1. The number of carbonyl (C=O) groups is 2. The molecule has 2 N–H and O–H groups in total. The lowest BCUT2D eigenvalue weighted by atomic mass is 10.0. The first-order valence-electron chi connectivity index (χ1n) is 10.7. The van der Waals surface area contributed by atoms with E-state index >= 15 is 0 Å². The maximum Gasteiger partial charge on any atom is 0.329 e. The fraction of sp³-hybridized carbons (Fsp3) is 0.571. The Bertz CT molecular complexity index is 1090. The van der Waals surface area contributed by atoms with Gasteiger partial charge in [-0.05, 0) is 31.5 Å². The van der Waals surface area contributed by atoms with Gasteiger partial charge in [0.1, 0.15) is 12.2 Å². The Labute approximate surface area is 178 Å². The van der Waals surface area contributed by atoms with Crippen LogP contribution in [0.1, 0.15) is 25.3 Å². The number of ether oxygens (including phenoxy) is 1. The number of nitrogens with one attached hydrogen (secondary N) is 2. The van der Waals surface area contributed by atoms with Gasteiger partial charge in [-0.3, -0.25) is 24.0 Å². The van der Waals surface area contributed by atoms with E-state index in [9.17, 15) is 18.8 Å². The number of fused-ring (bicyclic) bond motifs is 1. The normalized spacial score (nSPS) is 27.4. The van der Waals surface area contributed by atoms with Crippen LogP contribution in [0, 0.1) is 0 Å². The molecule has 4 heterocycles. The number of amides is 2. The molecule has 2 aromatic rings. The predicted octanol–water partition coefficient (Wildman–Crippen LogP) is 0.223. The number of alkyl halides is 1. The van der Waals surface area contributed by atoms with Crippen molar-refractivity contribution in [3.05, 3.63) is 28.7 Å². The van der Waals surface area contributed by atoms with Gasteiger partial charge in [-0.15, -0.1) is 0 Å². The van der Waals surface area contributed by atoms with E-state index in [-0.39, 0.29) is 30.2 Å². The summed E-state index contributed by atoms with van der Waals surface area (Å²) in [5, 5.41) is 5.36. The SMILES string of the molecule is Cn1c(=O)n(C2CCC(=O)NC2=O)c2cccc(N3CC(O[C@H]4CCNC[C@H]4F)C3)c21. The number of rotatable bonds is 4. The van der Waals surface area contributed by atoms with Crippen molar-refractivity contribution in [1.29, 1.82) is 0 Å². The average molecular weight is 431 g/mol. The van der Waals surface area contributed by atoms with E-state index in [0.29, 0.717) is 38.0 Å². The molecule has 5 rings (SSSR count). The van der Waals surface area contributed by atoms with Crippen molar-refractivity contribution >= 4 is 28.5 Å². The fourth-order valence-electron chi connectivity index (χ4n) is 4.82. The third-order valence-corrected chi connectivity index (χ3v) is 6.51. The molecule has 0 radical (unpaired) electrons. The molecule has 0 bridgehead atoms. The molecular formula is C21H26FN5O4. The second-order valence-electron chi connectivity index (χ2n) is 8.53. The number of anilines is 1. The van der Waals surface area contributed by atoms with Crippen LogP contribution in [0.4, 0.5) is 10.1 Å². The zero-order valence-electron chi connectivity index (χ0n) is 17.3. The van der Waals surface area contributed by atoms with Gasteiger partial charge in [-0.1, -0.05) is 6.07 Å². The number of hydrogen-bond acceptors (Lipinski definition) is 6. The minimum atomic E-state index is -0.991. The van der Waals surface area contributed by atoms with Crippen LogP contribution in [0.15, 0.2) is 23.0 Å². The van der Waals surface area contributed by atoms with Crippen molar-refractivity contribution in [3.8, 4) is 0 Å². The summed E-state index contributed by atoms with van der Waals surface area (Å²) in [4.78, 5) is 39.0. The molecule has 0 saturated carbocycles. The molecule has 3 saturated heterocycles. The van der Waals surface area contributed by atoms with E-state index in [2.05, 4.69) is 15.5 Å². The summed E-state index contributed by atoms with van der Waals surface area (Å²) < 4.78 is 23.0. The molecule has 3 aliphatic heterocycles. The van der Waals surface area contributed by atoms with Crippen LogP contribution >= 0.6 is 0 Å². The van der Waals surface area contributed by atoms with Crippen molar-refractivity contribution in [3.63, 3.8) is 0 Å². The zero-order valence-corrected chi connectivity index (χ0v) is 17.3. The lowest BCUT2D eigenvalue weighted by Crippen LogP contribution is -2.56. The minimum Gasteiger partial charge on any atom is -0.368 e. The maximum atomic E-state index is 14.0. The van der Waals surface area contributed by atoms with E-state index in [1.807, 2.05) is 18.2 Å². The standard InChI is InChI=1S/C21H26FN5O4/c1-25-19-14(26-10-12(11-26)31-17-7-8-23-9-13(17)22)3-2-4-15(19)27(21(25)30)16-5-6-18(28)24-20(16)29/h2-4,12-13,16-17,23H,5-11H2,1H3,(H,24,28,29)/t13-,16?,17+/m1/s1. The summed E-state index contributed by atoms with van der Waals surface area (Å²) in [5.74, 6) is -0.762. The first-order valence-corrected chi connectivity index (χ1v) is 10.7. The van der Waals surface area contributed by atoms with Crippen molar-refractivity contribution < 1.29 is 18.7 Å². The van der Waals surface area contributed by atoms with Crippen LogP contribution in [0.5, 0.6) is 0 Å². The van der Waals surface area contributed by atoms with Crippen molar-refractivity contribution in [2.24, 2.45) is 7.05 Å². The molecule has 1 unspecified atom stereocenters. The van der Waals surface area contributed by atoms with Crippen LogP contribution in [0.25, 0.3) is 11.0 Å². The van der Waals surface area contributed by atoms with Crippen LogP contribution < -0.4 is 21.2 Å². The molecule has 166 valence electrons. The smallest absolute Gasteiger partial charge is 0.329 e. The summed E-state index contributed by atoms with van der Waals surface area (Å²) >= 11 is 0. The van der Waals surface area contributed by atoms with Gasteiger partial charge in [0.05, 0.1) is 28.9 Å². The van der Waals surface area contributed by atoms with Crippen LogP contribution in [0.2, 0.25) is 0 Å². The van der Waals surface area contributed by atoms with Gasteiger partial charge < -0.3 is 15.0 Å². The number of benzene rings is 1. The number of aromatic nitrogens is 2. The molecule has 3 atom stereocenters. The van der Waals surface area contributed by atoms with Gasteiger partial charge in [0.15, 0.2) is 0 Å². The van der Waals surface area contributed by atoms with Crippen molar-refractivity contribution in [2.45, 2.75) is 43.7 Å². The van der Waals surface area contributed by atoms with E-state index in [0.717, 1.165) is 17.7 Å². The summed E-state index contributed by atoms with van der Waals surface area (Å²) in [6.45, 7) is 2.33. The lowest BCUT2D eigenvalue weighted by molar-refractivity contribution is -0.135. The Morgan fingerprint density at radius 3 is 2.71 bits per heavy atom. The minimum absolute atomic E-state index is 0.0501. The molecule has 3 aliphatic rings. The molecule has 3 fully saturated rings. The summed E-state index contributed by atoms with van der Waals surface area (Å²) in [6.07, 6.45) is -0.247. The molecule has 0 spiro atoms. The van der Waals surface area contributed by atoms with Gasteiger partial charge in [0.25, 0.3) is 0 Å². The van der Waals surface area contributed by atoms with Gasteiger partial charge in [-0.2, -0.15) is 0 Å². The first kappa shape index (κ1) is 20.2. The highest BCUT2D eigenvalue weighted by Gasteiger charge is 2.36. The van der Waals surface area contributed by atoms with Crippen LogP contribution in [0.3, 0.4) is 0 Å². The second kappa shape index (κ2) is 7.76. The third kappa shape index (κ3) is 3.43. The summed E-state index contributed by atoms with van der Waals surface area (Å²) in [5.41, 5.74) is 1.98. The molecule has 2 amide bonds. The Balaban J connectivity index is 1.39. The highest BCUT2D eigenvalue weighted by Crippen LogP contribution is 2.33. The quantitative estimate of drug-likeness (QED) is 0.673. The van der Waals surface area contributed by atoms with Gasteiger partial charge >= 0.3 is 5.69 Å². The summed E-state index contributed by atoms with van der Waals surface area (Å²) in [6, 6.07) is 4.91. The van der Waals surface area contributed by atoms with E-state index in [4.69, 9.17) is 4.74 Å². The molecule has 9 nitrogen and oxygen atoms in total. The molecule has 1 aromatic heterocycles. The van der Waals surface area contributed by atoms with Gasteiger partial charge in [0, 0.05) is 33.1 Å². The number of para-hydroxylation sites is 1. The Morgan fingerprint density at radius 1 is 1.16 bits per heavy atom.